The first-order chi connectivity index (χ1) is 3.92. The summed E-state index contributed by atoms with van der Waals surface area (Å²) in [4.78, 5) is 0. The Hall–Kier alpha value is -0.0251. The van der Waals surface area contributed by atoms with Gasteiger partial charge in [0, 0.05) is 12.0 Å². The summed E-state index contributed by atoms with van der Waals surface area (Å²) >= 11 is 0. The van der Waals surface area contributed by atoms with E-state index in [0.29, 0.717) is 6.32 Å². The van der Waals surface area contributed by atoms with Crippen LogP contribution in [0.4, 0.5) is 0 Å². The van der Waals surface area contributed by atoms with E-state index < -0.39 is 16.8 Å². The molecule has 0 saturated carbocycles. The van der Waals surface area contributed by atoms with Gasteiger partial charge in [-0.3, -0.25) is 0 Å². The normalized spacial score (nSPS) is 11.4. The average Bonchev–Trinajstić information content (AvgIpc) is 1.59. The monoisotopic (exact) mass is 150 g/mol. The molecule has 0 spiro atoms. The van der Waals surface area contributed by atoms with Crippen LogP contribution < -0.4 is 0 Å². The Morgan fingerprint density at radius 2 is 2.00 bits per heavy atom. The highest BCUT2D eigenvalue weighted by molar-refractivity contribution is 7.90. The van der Waals surface area contributed by atoms with E-state index in [-0.39, 0.29) is 5.75 Å². The maximum atomic E-state index is 10.4. The largest absolute Gasteiger partial charge is 0.451 e. The summed E-state index contributed by atoms with van der Waals surface area (Å²) in [6, 6.07) is 0. The molecule has 0 heterocycles. The first kappa shape index (κ1) is 8.97. The van der Waals surface area contributed by atoms with Gasteiger partial charge in [-0.25, -0.2) is 8.42 Å². The third-order valence-corrected chi connectivity index (χ3v) is 1.88. The minimum absolute atomic E-state index is 0.0741. The molecule has 0 aromatic rings. The zero-order chi connectivity index (χ0) is 7.49. The molecule has 9 heavy (non-hydrogen) atoms. The molecule has 0 bridgehead atoms. The number of hydrogen-bond acceptors (Lipinski definition) is 3. The van der Waals surface area contributed by atoms with Gasteiger partial charge in [-0.15, -0.1) is 0 Å². The van der Waals surface area contributed by atoms with Gasteiger partial charge in [0.15, 0.2) is 0 Å². The highest BCUT2D eigenvalue weighted by Gasteiger charge is 2.07. The summed E-state index contributed by atoms with van der Waals surface area (Å²) in [6.07, 6.45) is 1.49. The van der Waals surface area contributed by atoms with Gasteiger partial charge < -0.3 is 5.02 Å². The second kappa shape index (κ2) is 3.22. The van der Waals surface area contributed by atoms with Gasteiger partial charge in [-0.1, -0.05) is 6.82 Å². The van der Waals surface area contributed by atoms with Crippen LogP contribution in [0, 0.1) is 0 Å². The van der Waals surface area contributed by atoms with E-state index >= 15 is 0 Å². The Labute approximate surface area is 56.1 Å². The maximum Gasteiger partial charge on any atom is 0.286 e. The van der Waals surface area contributed by atoms with E-state index in [0.717, 1.165) is 6.26 Å². The molecule has 0 aromatic carbocycles. The van der Waals surface area contributed by atoms with Gasteiger partial charge in [-0.05, 0) is 6.32 Å². The van der Waals surface area contributed by atoms with Crippen LogP contribution in [-0.2, 0) is 9.84 Å². The van der Waals surface area contributed by atoms with E-state index in [9.17, 15) is 8.42 Å². The van der Waals surface area contributed by atoms with E-state index in [1.165, 1.54) is 0 Å². The van der Waals surface area contributed by atoms with E-state index in [4.69, 9.17) is 5.02 Å². The third kappa shape index (κ3) is 7.97. The van der Waals surface area contributed by atoms with Crippen molar-refractivity contribution in [2.45, 2.75) is 13.1 Å². The van der Waals surface area contributed by atoms with Crippen LogP contribution in [0.25, 0.3) is 0 Å². The molecule has 0 fully saturated rings. The van der Waals surface area contributed by atoms with Crippen LogP contribution >= 0.6 is 0 Å². The molecule has 54 valence electrons. The summed E-state index contributed by atoms with van der Waals surface area (Å²) in [5.74, 6) is 0.0741. The summed E-state index contributed by atoms with van der Waals surface area (Å²) < 4.78 is 20.8. The number of rotatable bonds is 3. The second-order valence-corrected chi connectivity index (χ2v) is 4.53. The molecule has 0 saturated heterocycles. The van der Waals surface area contributed by atoms with Crippen LogP contribution in [-0.4, -0.2) is 32.4 Å². The lowest BCUT2D eigenvalue weighted by Crippen LogP contribution is -2.12. The van der Waals surface area contributed by atoms with E-state index in [1.807, 2.05) is 0 Å². The summed E-state index contributed by atoms with van der Waals surface area (Å²) in [7, 11) is -2.88. The lowest BCUT2D eigenvalue weighted by atomic mass is 9.69. The van der Waals surface area contributed by atoms with Crippen LogP contribution in [0.1, 0.15) is 0 Å². The van der Waals surface area contributed by atoms with Gasteiger partial charge in [0.2, 0.25) is 0 Å². The lowest BCUT2D eigenvalue weighted by molar-refractivity contribution is 0.574. The molecular weight excluding hydrogens is 139 g/mol. The highest BCUT2D eigenvalue weighted by atomic mass is 32.2. The van der Waals surface area contributed by atoms with Crippen LogP contribution in [0.3, 0.4) is 0 Å². The first-order valence-electron chi connectivity index (χ1n) is 2.77. The molecule has 1 N–H and O–H groups in total. The molecule has 0 atom stereocenters. The topological polar surface area (TPSA) is 54.4 Å². The van der Waals surface area contributed by atoms with E-state index in [2.05, 4.69) is 0 Å². The first-order valence-corrected chi connectivity index (χ1v) is 4.83. The molecule has 0 aromatic heterocycles. The van der Waals surface area contributed by atoms with E-state index in [1.54, 1.807) is 6.82 Å². The molecule has 0 rings (SSSR count). The SMILES string of the molecule is CB(O)CCS(C)(=O)=O. The van der Waals surface area contributed by atoms with Gasteiger partial charge in [-0.2, -0.15) is 0 Å². The van der Waals surface area contributed by atoms with Crippen molar-refractivity contribution in [3.05, 3.63) is 0 Å². The fraction of sp³-hybridized carbons (Fsp3) is 1.00. The van der Waals surface area contributed by atoms with Crippen LogP contribution in [0.15, 0.2) is 0 Å². The van der Waals surface area contributed by atoms with Crippen molar-refractivity contribution in [1.82, 2.24) is 0 Å². The Bertz CT molecular complexity index is 161. The molecule has 0 radical (unpaired) electrons. The molecule has 5 heteroatoms. The number of hydrogen-bond donors (Lipinski definition) is 1. The van der Waals surface area contributed by atoms with Crippen molar-refractivity contribution >= 4 is 16.8 Å². The van der Waals surface area contributed by atoms with Crippen molar-refractivity contribution in [1.29, 1.82) is 0 Å². The van der Waals surface area contributed by atoms with Gasteiger partial charge >= 0.3 is 0 Å². The van der Waals surface area contributed by atoms with Crippen molar-refractivity contribution < 1.29 is 13.4 Å². The highest BCUT2D eigenvalue weighted by Crippen LogP contribution is 1.92. The minimum atomic E-state index is -2.88. The summed E-state index contributed by atoms with van der Waals surface area (Å²) in [5.41, 5.74) is 0. The third-order valence-electron chi connectivity index (χ3n) is 0.906. The molecule has 0 amide bonds. The molecular formula is C4H11BO3S. The van der Waals surface area contributed by atoms with Crippen molar-refractivity contribution in [2.24, 2.45) is 0 Å². The molecule has 0 aliphatic carbocycles. The summed E-state index contributed by atoms with van der Waals surface area (Å²) in [6.45, 7) is 1.06. The number of sulfone groups is 1. The quantitative estimate of drug-likeness (QED) is 0.559. The molecule has 3 nitrogen and oxygen atoms in total. The Morgan fingerprint density at radius 1 is 1.56 bits per heavy atom. The van der Waals surface area contributed by atoms with Crippen molar-refractivity contribution in [3.8, 4) is 0 Å². The zero-order valence-electron chi connectivity index (χ0n) is 5.66. The van der Waals surface area contributed by atoms with Crippen LogP contribution in [0.5, 0.6) is 0 Å². The molecule has 0 aliphatic rings. The predicted octanol–water partition coefficient (Wildman–Crippen LogP) is -0.355. The van der Waals surface area contributed by atoms with Crippen LogP contribution in [0.2, 0.25) is 13.1 Å². The second-order valence-electron chi connectivity index (χ2n) is 2.27. The fourth-order valence-electron chi connectivity index (χ4n) is 0.385. The fourth-order valence-corrected chi connectivity index (χ4v) is 1.15. The Balaban J connectivity index is 3.53. The van der Waals surface area contributed by atoms with Crippen molar-refractivity contribution in [2.75, 3.05) is 12.0 Å². The maximum absolute atomic E-state index is 10.4. The molecule has 0 aliphatic heterocycles. The molecule has 0 unspecified atom stereocenters. The lowest BCUT2D eigenvalue weighted by Gasteiger charge is -1.96. The van der Waals surface area contributed by atoms with Crippen molar-refractivity contribution in [3.63, 3.8) is 0 Å². The van der Waals surface area contributed by atoms with Gasteiger partial charge in [0.05, 0.1) is 0 Å². The zero-order valence-corrected chi connectivity index (χ0v) is 6.48. The average molecular weight is 150 g/mol. The van der Waals surface area contributed by atoms with Gasteiger partial charge in [0.25, 0.3) is 6.92 Å². The smallest absolute Gasteiger partial charge is 0.286 e. The van der Waals surface area contributed by atoms with Gasteiger partial charge in [0.1, 0.15) is 9.84 Å². The summed E-state index contributed by atoms with van der Waals surface area (Å²) in [5, 5.41) is 8.65. The Kier molecular flexibility index (Phi) is 3.21. The minimum Gasteiger partial charge on any atom is -0.451 e. The predicted molar refractivity (Wildman–Crippen MR) is 38.4 cm³/mol. The Morgan fingerprint density at radius 3 is 2.11 bits per heavy atom. The standard InChI is InChI=1S/C4H11BO3S/c1-5(6)3-4-9(2,7)8/h6H,3-4H2,1-2H3.